The summed E-state index contributed by atoms with van der Waals surface area (Å²) in [7, 11) is 1.75. The number of carbonyl (C=O) groups excluding carboxylic acids is 1. The monoisotopic (exact) mass is 227 g/mol. The van der Waals surface area contributed by atoms with E-state index in [1.54, 1.807) is 17.9 Å². The number of ketones is 1. The molecule has 17 heavy (non-hydrogen) atoms. The number of rotatable bonds is 3. The molecule has 1 aromatic heterocycles. The Kier molecular flexibility index (Phi) is 2.11. The zero-order chi connectivity index (χ0) is 11.9. The van der Waals surface area contributed by atoms with Crippen LogP contribution in [0, 0.1) is 0 Å². The Labute approximate surface area is 99.3 Å². The van der Waals surface area contributed by atoms with Gasteiger partial charge in [0.1, 0.15) is 5.69 Å². The van der Waals surface area contributed by atoms with Crippen molar-refractivity contribution in [1.29, 1.82) is 0 Å². The van der Waals surface area contributed by atoms with E-state index in [-0.39, 0.29) is 11.2 Å². The molecule has 4 heteroatoms. The predicted molar refractivity (Wildman–Crippen MR) is 62.7 cm³/mol. The lowest BCUT2D eigenvalue weighted by molar-refractivity contribution is 0.0936. The van der Waals surface area contributed by atoms with Crippen LogP contribution in [-0.2, 0) is 12.5 Å². The van der Waals surface area contributed by atoms with Gasteiger partial charge in [-0.25, -0.2) is 4.68 Å². The van der Waals surface area contributed by atoms with Gasteiger partial charge in [0.25, 0.3) is 0 Å². The maximum Gasteiger partial charge on any atom is 0.192 e. The van der Waals surface area contributed by atoms with Gasteiger partial charge < -0.3 is 0 Å². The molecule has 1 fully saturated rings. The molecule has 1 aliphatic rings. The van der Waals surface area contributed by atoms with E-state index in [0.717, 1.165) is 18.4 Å². The van der Waals surface area contributed by atoms with Crippen LogP contribution in [0.4, 0.5) is 0 Å². The Morgan fingerprint density at radius 2 is 2.00 bits per heavy atom. The van der Waals surface area contributed by atoms with Crippen LogP contribution < -0.4 is 0 Å². The van der Waals surface area contributed by atoms with Gasteiger partial charge in [-0.2, -0.15) is 0 Å². The van der Waals surface area contributed by atoms with Crippen molar-refractivity contribution in [2.75, 3.05) is 0 Å². The second kappa shape index (κ2) is 3.52. The lowest BCUT2D eigenvalue weighted by Gasteiger charge is -2.13. The molecule has 0 spiro atoms. The highest BCUT2D eigenvalue weighted by Gasteiger charge is 2.52. The molecule has 0 aliphatic heterocycles. The molecule has 0 atom stereocenters. The Morgan fingerprint density at radius 3 is 2.53 bits per heavy atom. The van der Waals surface area contributed by atoms with Gasteiger partial charge in [-0.15, -0.1) is 5.10 Å². The van der Waals surface area contributed by atoms with Crippen molar-refractivity contribution in [3.8, 4) is 0 Å². The van der Waals surface area contributed by atoms with Gasteiger partial charge in [-0.3, -0.25) is 4.79 Å². The van der Waals surface area contributed by atoms with E-state index in [4.69, 9.17) is 0 Å². The SMILES string of the molecule is Cn1nncc1C(=O)C1(c2ccccc2)CC1. The maximum atomic E-state index is 12.5. The summed E-state index contributed by atoms with van der Waals surface area (Å²) in [6, 6.07) is 9.97. The largest absolute Gasteiger partial charge is 0.291 e. The molecule has 0 unspecified atom stereocenters. The number of benzene rings is 1. The minimum Gasteiger partial charge on any atom is -0.291 e. The molecule has 0 N–H and O–H groups in total. The molecule has 0 saturated heterocycles. The van der Waals surface area contributed by atoms with Crippen LogP contribution in [0.1, 0.15) is 28.9 Å². The molecule has 3 rings (SSSR count). The minimum atomic E-state index is -0.323. The van der Waals surface area contributed by atoms with Crippen LogP contribution in [0.3, 0.4) is 0 Å². The van der Waals surface area contributed by atoms with Crippen molar-refractivity contribution in [2.45, 2.75) is 18.3 Å². The number of aryl methyl sites for hydroxylation is 1. The molecule has 1 aliphatic carbocycles. The third-order valence-corrected chi connectivity index (χ3v) is 3.46. The van der Waals surface area contributed by atoms with E-state index < -0.39 is 0 Å². The number of aromatic nitrogens is 3. The Hall–Kier alpha value is -1.97. The molecular formula is C13H13N3O. The number of hydrogen-bond donors (Lipinski definition) is 0. The van der Waals surface area contributed by atoms with Crippen molar-refractivity contribution in [1.82, 2.24) is 15.0 Å². The summed E-state index contributed by atoms with van der Waals surface area (Å²) < 4.78 is 1.55. The van der Waals surface area contributed by atoms with Gasteiger partial charge in [-0.1, -0.05) is 35.5 Å². The zero-order valence-electron chi connectivity index (χ0n) is 9.63. The molecule has 86 valence electrons. The molecular weight excluding hydrogens is 214 g/mol. The van der Waals surface area contributed by atoms with Gasteiger partial charge in [0.05, 0.1) is 11.6 Å². The highest BCUT2D eigenvalue weighted by atomic mass is 16.1. The lowest BCUT2D eigenvalue weighted by Crippen LogP contribution is -2.23. The minimum absolute atomic E-state index is 0.135. The normalized spacial score (nSPS) is 16.8. The van der Waals surface area contributed by atoms with Gasteiger partial charge in [0.2, 0.25) is 0 Å². The summed E-state index contributed by atoms with van der Waals surface area (Å²) >= 11 is 0. The first-order valence-electron chi connectivity index (χ1n) is 5.69. The average Bonchev–Trinajstić information content (AvgIpc) is 3.07. The van der Waals surface area contributed by atoms with Gasteiger partial charge in [-0.05, 0) is 18.4 Å². The lowest BCUT2D eigenvalue weighted by atomic mass is 9.90. The topological polar surface area (TPSA) is 47.8 Å². The number of carbonyl (C=O) groups is 1. The first-order chi connectivity index (χ1) is 8.24. The predicted octanol–water partition coefficient (Wildman–Crippen LogP) is 1.73. The average molecular weight is 227 g/mol. The molecule has 0 amide bonds. The van der Waals surface area contributed by atoms with E-state index in [1.165, 1.54) is 0 Å². The van der Waals surface area contributed by atoms with Crippen LogP contribution >= 0.6 is 0 Å². The van der Waals surface area contributed by atoms with Gasteiger partial charge in [0, 0.05) is 7.05 Å². The first-order valence-corrected chi connectivity index (χ1v) is 5.69. The van der Waals surface area contributed by atoms with Crippen LogP contribution in [0.2, 0.25) is 0 Å². The summed E-state index contributed by atoms with van der Waals surface area (Å²) in [6.07, 6.45) is 3.38. The molecule has 1 aromatic carbocycles. The van der Waals surface area contributed by atoms with Gasteiger partial charge >= 0.3 is 0 Å². The second-order valence-corrected chi connectivity index (χ2v) is 4.52. The standard InChI is InChI=1S/C13H13N3O/c1-16-11(9-14-15-16)12(17)13(7-8-13)10-5-3-2-4-6-10/h2-6,9H,7-8H2,1H3. The van der Waals surface area contributed by atoms with E-state index in [0.29, 0.717) is 5.69 Å². The van der Waals surface area contributed by atoms with Crippen LogP contribution in [-0.4, -0.2) is 20.8 Å². The fourth-order valence-corrected chi connectivity index (χ4v) is 2.27. The first kappa shape index (κ1) is 10.2. The third kappa shape index (κ3) is 1.48. The van der Waals surface area contributed by atoms with E-state index in [9.17, 15) is 4.79 Å². The summed E-state index contributed by atoms with van der Waals surface area (Å²) in [5.41, 5.74) is 1.37. The van der Waals surface area contributed by atoms with Crippen molar-refractivity contribution >= 4 is 5.78 Å². The Morgan fingerprint density at radius 1 is 1.29 bits per heavy atom. The molecule has 0 bridgehead atoms. The highest BCUT2D eigenvalue weighted by Crippen LogP contribution is 2.50. The summed E-state index contributed by atoms with van der Waals surface area (Å²) in [5.74, 6) is 0.135. The maximum absolute atomic E-state index is 12.5. The fourth-order valence-electron chi connectivity index (χ4n) is 2.27. The Bertz CT molecular complexity index is 555. The van der Waals surface area contributed by atoms with Crippen molar-refractivity contribution in [3.63, 3.8) is 0 Å². The molecule has 1 saturated carbocycles. The van der Waals surface area contributed by atoms with Crippen molar-refractivity contribution < 1.29 is 4.79 Å². The summed E-state index contributed by atoms with van der Waals surface area (Å²) in [4.78, 5) is 12.5. The van der Waals surface area contributed by atoms with Gasteiger partial charge in [0.15, 0.2) is 5.78 Å². The number of hydrogen-bond acceptors (Lipinski definition) is 3. The van der Waals surface area contributed by atoms with Crippen LogP contribution in [0.15, 0.2) is 36.5 Å². The van der Waals surface area contributed by atoms with Crippen molar-refractivity contribution in [3.05, 3.63) is 47.8 Å². The number of nitrogens with zero attached hydrogens (tertiary/aromatic N) is 3. The quantitative estimate of drug-likeness (QED) is 0.750. The Balaban J connectivity index is 2.00. The van der Waals surface area contributed by atoms with E-state index in [2.05, 4.69) is 10.3 Å². The molecule has 1 heterocycles. The fraction of sp³-hybridized carbons (Fsp3) is 0.308. The van der Waals surface area contributed by atoms with Crippen molar-refractivity contribution in [2.24, 2.45) is 7.05 Å². The highest BCUT2D eigenvalue weighted by molar-refractivity contribution is 6.04. The molecule has 0 radical (unpaired) electrons. The van der Waals surface area contributed by atoms with Crippen LogP contribution in [0.5, 0.6) is 0 Å². The van der Waals surface area contributed by atoms with E-state index >= 15 is 0 Å². The molecule has 4 nitrogen and oxygen atoms in total. The number of Topliss-reactive ketones (excluding diaryl/α,β-unsaturated/α-hetero) is 1. The third-order valence-electron chi connectivity index (χ3n) is 3.46. The zero-order valence-corrected chi connectivity index (χ0v) is 9.63. The smallest absolute Gasteiger partial charge is 0.192 e. The van der Waals surface area contributed by atoms with Crippen LogP contribution in [0.25, 0.3) is 0 Å². The summed E-state index contributed by atoms with van der Waals surface area (Å²) in [5, 5.41) is 7.59. The second-order valence-electron chi connectivity index (χ2n) is 4.52. The van der Waals surface area contributed by atoms with E-state index in [1.807, 2.05) is 30.3 Å². The summed E-state index contributed by atoms with van der Waals surface area (Å²) in [6.45, 7) is 0. The molecule has 2 aromatic rings.